The number of carbonyl (C=O) groups is 1. The minimum absolute atomic E-state index is 0.0818. The van der Waals surface area contributed by atoms with Crippen molar-refractivity contribution >= 4 is 16.0 Å². The number of benzene rings is 1. The molecule has 0 aliphatic heterocycles. The van der Waals surface area contributed by atoms with Crippen LogP contribution in [0.5, 0.6) is 0 Å². The Morgan fingerprint density at radius 1 is 1.26 bits per heavy atom. The van der Waals surface area contributed by atoms with Crippen LogP contribution in [0.25, 0.3) is 0 Å². The fraction of sp³-hybridized carbons (Fsp3) is 0.462. The molecule has 0 amide bonds. The van der Waals surface area contributed by atoms with Gasteiger partial charge in [0.1, 0.15) is 0 Å². The molecule has 0 bridgehead atoms. The van der Waals surface area contributed by atoms with Gasteiger partial charge in [-0.3, -0.25) is 4.79 Å². The molecule has 1 unspecified atom stereocenters. The molecule has 1 aromatic rings. The van der Waals surface area contributed by atoms with Crippen LogP contribution in [-0.4, -0.2) is 25.5 Å². The van der Waals surface area contributed by atoms with Crippen molar-refractivity contribution < 1.29 is 18.3 Å². The van der Waals surface area contributed by atoms with Gasteiger partial charge in [0.25, 0.3) is 0 Å². The Morgan fingerprint density at radius 3 is 2.32 bits per heavy atom. The van der Waals surface area contributed by atoms with Crippen LogP contribution < -0.4 is 4.72 Å². The van der Waals surface area contributed by atoms with Crippen LogP contribution in [0, 0.1) is 5.92 Å². The molecule has 106 valence electrons. The van der Waals surface area contributed by atoms with E-state index in [2.05, 4.69) is 4.72 Å². The van der Waals surface area contributed by atoms with E-state index in [-0.39, 0.29) is 18.1 Å². The maximum Gasteiger partial charge on any atom is 0.304 e. The van der Waals surface area contributed by atoms with E-state index in [9.17, 15) is 13.2 Å². The normalized spacial score (nSPS) is 13.4. The third-order valence-corrected chi connectivity index (χ3v) is 4.10. The highest BCUT2D eigenvalue weighted by molar-refractivity contribution is 7.88. The van der Waals surface area contributed by atoms with E-state index in [1.54, 1.807) is 38.1 Å². The van der Waals surface area contributed by atoms with Crippen LogP contribution in [0.4, 0.5) is 0 Å². The average Bonchev–Trinajstić information content (AvgIpc) is 2.27. The summed E-state index contributed by atoms with van der Waals surface area (Å²) in [6.07, 6.45) is -0.217. The summed E-state index contributed by atoms with van der Waals surface area (Å²) in [5.41, 5.74) is 0.674. The number of hydrogen-bond donors (Lipinski definition) is 2. The van der Waals surface area contributed by atoms with Gasteiger partial charge >= 0.3 is 5.97 Å². The number of rotatable bonds is 7. The summed E-state index contributed by atoms with van der Waals surface area (Å²) in [6.45, 7) is 3.58. The second-order valence-electron chi connectivity index (χ2n) is 4.81. The molecule has 0 heterocycles. The number of carboxylic acid groups (broad SMARTS) is 1. The summed E-state index contributed by atoms with van der Waals surface area (Å²) in [6, 6.07) is 8.20. The molecule has 1 aromatic carbocycles. The Morgan fingerprint density at radius 2 is 1.84 bits per heavy atom. The first-order valence-electron chi connectivity index (χ1n) is 6.06. The molecular formula is C13H19NO4S. The number of carboxylic acids is 1. The van der Waals surface area contributed by atoms with Gasteiger partial charge in [0, 0.05) is 6.04 Å². The molecular weight excluding hydrogens is 266 g/mol. The predicted molar refractivity (Wildman–Crippen MR) is 73.1 cm³/mol. The molecule has 1 atom stereocenters. The minimum Gasteiger partial charge on any atom is -0.481 e. The largest absolute Gasteiger partial charge is 0.481 e. The van der Waals surface area contributed by atoms with E-state index in [4.69, 9.17) is 5.11 Å². The van der Waals surface area contributed by atoms with Crippen molar-refractivity contribution in [2.75, 3.05) is 0 Å². The van der Waals surface area contributed by atoms with Crippen molar-refractivity contribution in [1.82, 2.24) is 4.72 Å². The highest BCUT2D eigenvalue weighted by Gasteiger charge is 2.23. The number of nitrogens with one attached hydrogen (secondary N) is 1. The lowest BCUT2D eigenvalue weighted by Gasteiger charge is -2.20. The van der Waals surface area contributed by atoms with Crippen molar-refractivity contribution in [2.24, 2.45) is 5.92 Å². The standard InChI is InChI=1S/C13H19NO4S/c1-10(2)12(8-13(15)16)14-19(17,18)9-11-6-4-3-5-7-11/h3-7,10,12,14H,8-9H2,1-2H3,(H,15,16). The molecule has 0 spiro atoms. The van der Waals surface area contributed by atoms with Gasteiger partial charge in [0.2, 0.25) is 10.0 Å². The van der Waals surface area contributed by atoms with Gasteiger partial charge in [-0.2, -0.15) is 0 Å². The lowest BCUT2D eigenvalue weighted by Crippen LogP contribution is -2.40. The molecule has 2 N–H and O–H groups in total. The number of aliphatic carboxylic acids is 1. The van der Waals surface area contributed by atoms with Gasteiger partial charge in [-0.05, 0) is 11.5 Å². The second kappa shape index (κ2) is 6.68. The Balaban J connectivity index is 2.74. The van der Waals surface area contributed by atoms with Crippen molar-refractivity contribution in [1.29, 1.82) is 0 Å². The maximum absolute atomic E-state index is 12.0. The molecule has 0 saturated carbocycles. The molecule has 0 fully saturated rings. The summed E-state index contributed by atoms with van der Waals surface area (Å²) < 4.78 is 26.4. The number of sulfonamides is 1. The second-order valence-corrected chi connectivity index (χ2v) is 6.56. The van der Waals surface area contributed by atoms with Gasteiger partial charge in [-0.25, -0.2) is 13.1 Å². The monoisotopic (exact) mass is 285 g/mol. The van der Waals surface area contributed by atoms with Crippen LogP contribution in [0.1, 0.15) is 25.8 Å². The first kappa shape index (κ1) is 15.7. The Hall–Kier alpha value is -1.40. The van der Waals surface area contributed by atoms with Crippen LogP contribution in [0.15, 0.2) is 30.3 Å². The topological polar surface area (TPSA) is 83.5 Å². The van der Waals surface area contributed by atoms with Crippen LogP contribution in [0.3, 0.4) is 0 Å². The Bertz CT molecular complexity index is 511. The molecule has 19 heavy (non-hydrogen) atoms. The molecule has 6 heteroatoms. The maximum atomic E-state index is 12.0. The van der Waals surface area contributed by atoms with Crippen molar-refractivity contribution in [3.05, 3.63) is 35.9 Å². The van der Waals surface area contributed by atoms with Gasteiger partial charge in [-0.15, -0.1) is 0 Å². The zero-order chi connectivity index (χ0) is 14.5. The SMILES string of the molecule is CC(C)C(CC(=O)O)NS(=O)(=O)Cc1ccccc1. The zero-order valence-corrected chi connectivity index (χ0v) is 11.9. The van der Waals surface area contributed by atoms with Crippen LogP contribution in [-0.2, 0) is 20.6 Å². The lowest BCUT2D eigenvalue weighted by molar-refractivity contribution is -0.137. The molecule has 0 radical (unpaired) electrons. The molecule has 0 aromatic heterocycles. The summed E-state index contributed by atoms with van der Waals surface area (Å²) in [7, 11) is -3.54. The van der Waals surface area contributed by atoms with E-state index in [1.807, 2.05) is 6.07 Å². The highest BCUT2D eigenvalue weighted by atomic mass is 32.2. The highest BCUT2D eigenvalue weighted by Crippen LogP contribution is 2.11. The molecule has 0 aliphatic carbocycles. The fourth-order valence-electron chi connectivity index (χ4n) is 1.67. The first-order valence-corrected chi connectivity index (χ1v) is 7.71. The fourth-order valence-corrected chi connectivity index (χ4v) is 3.20. The Kier molecular flexibility index (Phi) is 5.50. The quantitative estimate of drug-likeness (QED) is 0.797. The van der Waals surface area contributed by atoms with E-state index in [1.165, 1.54) is 0 Å². The average molecular weight is 285 g/mol. The zero-order valence-electron chi connectivity index (χ0n) is 11.0. The summed E-state index contributed by atoms with van der Waals surface area (Å²) in [4.78, 5) is 10.7. The van der Waals surface area contributed by atoms with Gasteiger partial charge in [0.05, 0.1) is 12.2 Å². The summed E-state index contributed by atoms with van der Waals surface area (Å²) in [5, 5.41) is 8.78. The molecule has 1 rings (SSSR count). The summed E-state index contributed by atoms with van der Waals surface area (Å²) in [5.74, 6) is -1.24. The van der Waals surface area contributed by atoms with Gasteiger partial charge in [0.15, 0.2) is 0 Å². The smallest absolute Gasteiger partial charge is 0.304 e. The lowest BCUT2D eigenvalue weighted by atomic mass is 10.0. The third kappa shape index (κ3) is 5.85. The van der Waals surface area contributed by atoms with Crippen molar-refractivity contribution in [3.63, 3.8) is 0 Å². The minimum atomic E-state index is -3.54. The van der Waals surface area contributed by atoms with Gasteiger partial charge < -0.3 is 5.11 Å². The molecule has 5 nitrogen and oxygen atoms in total. The summed E-state index contributed by atoms with van der Waals surface area (Å²) >= 11 is 0. The van der Waals surface area contributed by atoms with Gasteiger partial charge in [-0.1, -0.05) is 44.2 Å². The van der Waals surface area contributed by atoms with Crippen LogP contribution in [0.2, 0.25) is 0 Å². The third-order valence-electron chi connectivity index (χ3n) is 2.73. The van der Waals surface area contributed by atoms with E-state index in [0.717, 1.165) is 0 Å². The van der Waals surface area contributed by atoms with E-state index in [0.29, 0.717) is 5.56 Å². The Labute approximate surface area is 113 Å². The molecule has 0 saturated heterocycles. The molecule has 0 aliphatic rings. The van der Waals surface area contributed by atoms with E-state index < -0.39 is 22.0 Å². The van der Waals surface area contributed by atoms with Crippen molar-refractivity contribution in [3.8, 4) is 0 Å². The number of hydrogen-bond acceptors (Lipinski definition) is 3. The van der Waals surface area contributed by atoms with E-state index >= 15 is 0 Å². The predicted octanol–water partition coefficient (Wildman–Crippen LogP) is 1.61. The first-order chi connectivity index (χ1) is 8.80. The van der Waals surface area contributed by atoms with Crippen molar-refractivity contribution in [2.45, 2.75) is 32.1 Å². The van der Waals surface area contributed by atoms with Crippen LogP contribution >= 0.6 is 0 Å².